The van der Waals surface area contributed by atoms with Gasteiger partial charge in [-0.05, 0) is 17.7 Å². The third-order valence-electron chi connectivity index (χ3n) is 2.08. The van der Waals surface area contributed by atoms with Gasteiger partial charge in [0.25, 0.3) is 0 Å². The van der Waals surface area contributed by atoms with Crippen molar-refractivity contribution in [3.63, 3.8) is 0 Å². The van der Waals surface area contributed by atoms with E-state index in [0.29, 0.717) is 24.8 Å². The molecule has 0 aromatic carbocycles. The predicted octanol–water partition coefficient (Wildman–Crippen LogP) is 2.50. The molecule has 4 nitrogen and oxygen atoms in total. The summed E-state index contributed by atoms with van der Waals surface area (Å²) in [5.41, 5.74) is 0.894. The number of alkyl halides is 2. The number of rotatable bonds is 6. The van der Waals surface area contributed by atoms with Crippen LogP contribution in [0.1, 0.15) is 5.56 Å². The molecule has 94 valence electrons. The van der Waals surface area contributed by atoms with Crippen LogP contribution < -0.4 is 0 Å². The maximum Gasteiger partial charge on any atom is 0.410 e. The minimum absolute atomic E-state index is 0.225. The minimum Gasteiger partial charge on any atom is -0.445 e. The van der Waals surface area contributed by atoms with Crippen LogP contribution in [0.5, 0.6) is 0 Å². The molecule has 0 unspecified atom stereocenters. The van der Waals surface area contributed by atoms with E-state index in [-0.39, 0.29) is 6.61 Å². The third kappa shape index (κ3) is 5.24. The van der Waals surface area contributed by atoms with Crippen molar-refractivity contribution in [2.75, 3.05) is 24.8 Å². The number of amides is 1. The van der Waals surface area contributed by atoms with Gasteiger partial charge in [-0.25, -0.2) is 4.79 Å². The Balaban J connectivity index is 2.41. The summed E-state index contributed by atoms with van der Waals surface area (Å²) < 4.78 is 5.14. The first-order valence-corrected chi connectivity index (χ1v) is 6.27. The van der Waals surface area contributed by atoms with E-state index in [1.165, 1.54) is 4.90 Å². The highest BCUT2D eigenvalue weighted by atomic mass is 35.5. The first kappa shape index (κ1) is 14.1. The van der Waals surface area contributed by atoms with Crippen molar-refractivity contribution >= 4 is 29.3 Å². The highest BCUT2D eigenvalue weighted by Crippen LogP contribution is 2.03. The first-order valence-electron chi connectivity index (χ1n) is 5.20. The molecule has 0 aliphatic carbocycles. The lowest BCUT2D eigenvalue weighted by atomic mass is 10.3. The van der Waals surface area contributed by atoms with Gasteiger partial charge in [0.15, 0.2) is 0 Å². The van der Waals surface area contributed by atoms with Crippen LogP contribution >= 0.6 is 23.2 Å². The zero-order chi connectivity index (χ0) is 12.5. The molecule has 0 aliphatic rings. The summed E-state index contributed by atoms with van der Waals surface area (Å²) >= 11 is 11.2. The van der Waals surface area contributed by atoms with Gasteiger partial charge in [0, 0.05) is 37.2 Å². The molecular formula is C11H14Cl2N2O2. The second-order valence-corrected chi connectivity index (χ2v) is 4.03. The van der Waals surface area contributed by atoms with Crippen molar-refractivity contribution in [3.05, 3.63) is 30.1 Å². The average Bonchev–Trinajstić information content (AvgIpc) is 2.37. The Bertz CT molecular complexity index is 330. The van der Waals surface area contributed by atoms with Gasteiger partial charge >= 0.3 is 6.09 Å². The summed E-state index contributed by atoms with van der Waals surface area (Å²) in [6.07, 6.45) is 2.90. The fourth-order valence-electron chi connectivity index (χ4n) is 1.21. The molecule has 17 heavy (non-hydrogen) atoms. The quantitative estimate of drug-likeness (QED) is 0.750. The molecule has 0 saturated heterocycles. The number of hydrogen-bond donors (Lipinski definition) is 0. The van der Waals surface area contributed by atoms with E-state index in [1.807, 2.05) is 0 Å². The second kappa shape index (κ2) is 8.14. The van der Waals surface area contributed by atoms with Crippen molar-refractivity contribution in [2.45, 2.75) is 6.61 Å². The number of aromatic nitrogens is 1. The molecule has 1 aromatic rings. The van der Waals surface area contributed by atoms with Crippen molar-refractivity contribution < 1.29 is 9.53 Å². The third-order valence-corrected chi connectivity index (χ3v) is 2.42. The number of ether oxygens (including phenoxy) is 1. The number of carbonyl (C=O) groups excluding carboxylic acids is 1. The van der Waals surface area contributed by atoms with Crippen LogP contribution in [0.25, 0.3) is 0 Å². The van der Waals surface area contributed by atoms with Gasteiger partial charge < -0.3 is 9.64 Å². The second-order valence-electron chi connectivity index (χ2n) is 3.28. The summed E-state index contributed by atoms with van der Waals surface area (Å²) in [5, 5.41) is 0. The molecule has 0 fully saturated rings. The Hall–Kier alpha value is -1.000. The van der Waals surface area contributed by atoms with Crippen LogP contribution in [0.15, 0.2) is 24.5 Å². The molecule has 1 heterocycles. The van der Waals surface area contributed by atoms with E-state index in [1.54, 1.807) is 24.5 Å². The Morgan fingerprint density at radius 1 is 1.24 bits per heavy atom. The van der Waals surface area contributed by atoms with Crippen molar-refractivity contribution in [1.29, 1.82) is 0 Å². The van der Waals surface area contributed by atoms with E-state index in [0.717, 1.165) is 5.56 Å². The standard InChI is InChI=1S/C11H14Cl2N2O2/c12-3-7-15(8-4-13)11(16)17-9-10-1-5-14-6-2-10/h1-2,5-6H,3-4,7-9H2. The van der Waals surface area contributed by atoms with Crippen LogP contribution in [0.4, 0.5) is 4.79 Å². The van der Waals surface area contributed by atoms with Gasteiger partial charge in [0.05, 0.1) is 0 Å². The molecule has 0 spiro atoms. The summed E-state index contributed by atoms with van der Waals surface area (Å²) in [5.74, 6) is 0.725. The SMILES string of the molecule is O=C(OCc1ccncc1)N(CCCl)CCCl. The molecule has 1 amide bonds. The first-order chi connectivity index (χ1) is 8.27. The lowest BCUT2D eigenvalue weighted by Gasteiger charge is -2.19. The molecule has 0 aliphatic heterocycles. The van der Waals surface area contributed by atoms with Gasteiger partial charge in [0.2, 0.25) is 0 Å². The molecule has 6 heteroatoms. The van der Waals surface area contributed by atoms with Crippen molar-refractivity contribution in [1.82, 2.24) is 9.88 Å². The Morgan fingerprint density at radius 3 is 2.35 bits per heavy atom. The zero-order valence-electron chi connectivity index (χ0n) is 9.31. The van der Waals surface area contributed by atoms with E-state index in [2.05, 4.69) is 4.98 Å². The Morgan fingerprint density at radius 2 is 1.82 bits per heavy atom. The lowest BCUT2D eigenvalue weighted by molar-refractivity contribution is 0.100. The average molecular weight is 277 g/mol. The highest BCUT2D eigenvalue weighted by Gasteiger charge is 2.13. The van der Waals surface area contributed by atoms with Crippen LogP contribution in [0.2, 0.25) is 0 Å². The molecule has 0 bridgehead atoms. The van der Waals surface area contributed by atoms with Crippen LogP contribution in [0.3, 0.4) is 0 Å². The fourth-order valence-corrected chi connectivity index (χ4v) is 1.62. The normalized spacial score (nSPS) is 10.0. The summed E-state index contributed by atoms with van der Waals surface area (Å²) in [6, 6.07) is 3.58. The van der Waals surface area contributed by atoms with Gasteiger partial charge in [-0.2, -0.15) is 0 Å². The van der Waals surface area contributed by atoms with Gasteiger partial charge in [0.1, 0.15) is 6.61 Å². The lowest BCUT2D eigenvalue weighted by Crippen LogP contribution is -2.34. The maximum absolute atomic E-state index is 11.7. The maximum atomic E-state index is 11.7. The van der Waals surface area contributed by atoms with Gasteiger partial charge in [-0.1, -0.05) is 0 Å². The van der Waals surface area contributed by atoms with Crippen LogP contribution in [0, 0.1) is 0 Å². The zero-order valence-corrected chi connectivity index (χ0v) is 10.8. The topological polar surface area (TPSA) is 42.4 Å². The van der Waals surface area contributed by atoms with Crippen LogP contribution in [-0.2, 0) is 11.3 Å². The Labute approximate surface area is 110 Å². The number of hydrogen-bond acceptors (Lipinski definition) is 3. The molecule has 0 atom stereocenters. The van der Waals surface area contributed by atoms with E-state index < -0.39 is 6.09 Å². The number of halogens is 2. The number of nitrogens with zero attached hydrogens (tertiary/aromatic N) is 2. The van der Waals surface area contributed by atoms with E-state index in [9.17, 15) is 4.79 Å². The highest BCUT2D eigenvalue weighted by molar-refractivity contribution is 6.18. The largest absolute Gasteiger partial charge is 0.445 e. The fraction of sp³-hybridized carbons (Fsp3) is 0.455. The molecular weight excluding hydrogens is 263 g/mol. The molecule has 1 rings (SSSR count). The van der Waals surface area contributed by atoms with Gasteiger partial charge in [-0.3, -0.25) is 4.98 Å². The summed E-state index contributed by atoms with van der Waals surface area (Å²) in [4.78, 5) is 17.0. The summed E-state index contributed by atoms with van der Waals surface area (Å²) in [6.45, 7) is 1.09. The van der Waals surface area contributed by atoms with Crippen LogP contribution in [-0.4, -0.2) is 40.8 Å². The molecule has 0 saturated carbocycles. The monoisotopic (exact) mass is 276 g/mol. The number of carbonyl (C=O) groups is 1. The van der Waals surface area contributed by atoms with Crippen molar-refractivity contribution in [3.8, 4) is 0 Å². The molecule has 0 radical (unpaired) electrons. The van der Waals surface area contributed by atoms with Crippen molar-refractivity contribution in [2.24, 2.45) is 0 Å². The molecule has 0 N–H and O–H groups in total. The minimum atomic E-state index is -0.400. The predicted molar refractivity (Wildman–Crippen MR) is 67.4 cm³/mol. The van der Waals surface area contributed by atoms with E-state index >= 15 is 0 Å². The molecule has 1 aromatic heterocycles. The smallest absolute Gasteiger partial charge is 0.410 e. The Kier molecular flexibility index (Phi) is 6.74. The number of pyridine rings is 1. The van der Waals surface area contributed by atoms with Gasteiger partial charge in [-0.15, -0.1) is 23.2 Å². The summed E-state index contributed by atoms with van der Waals surface area (Å²) in [7, 11) is 0. The van der Waals surface area contributed by atoms with E-state index in [4.69, 9.17) is 27.9 Å².